The Balaban J connectivity index is 2.17. The minimum absolute atomic E-state index is 0.110. The number of carbonyl (C=O) groups is 2. The zero-order chi connectivity index (χ0) is 15.2. The fourth-order valence-corrected chi connectivity index (χ4v) is 1.97. The molecule has 0 N–H and O–H groups in total. The van der Waals surface area contributed by atoms with Gasteiger partial charge in [-0.1, -0.05) is 30.3 Å². The summed E-state index contributed by atoms with van der Waals surface area (Å²) in [7, 11) is 1.54. The lowest BCUT2D eigenvalue weighted by Crippen LogP contribution is -2.33. The predicted molar refractivity (Wildman–Crippen MR) is 77.7 cm³/mol. The van der Waals surface area contributed by atoms with Gasteiger partial charge in [-0.3, -0.25) is 9.59 Å². The van der Waals surface area contributed by atoms with Crippen molar-refractivity contribution < 1.29 is 18.7 Å². The van der Waals surface area contributed by atoms with E-state index in [0.29, 0.717) is 5.56 Å². The quantitative estimate of drug-likeness (QED) is 0.793. The second-order valence-electron chi connectivity index (χ2n) is 4.50. The van der Waals surface area contributed by atoms with Gasteiger partial charge in [0, 0.05) is 12.6 Å². The topological polar surface area (TPSA) is 59.8 Å². The highest BCUT2D eigenvalue weighted by atomic mass is 16.5. The lowest BCUT2D eigenvalue weighted by Gasteiger charge is -2.15. The molecule has 0 unspecified atom stereocenters. The van der Waals surface area contributed by atoms with Crippen LogP contribution in [0, 0.1) is 0 Å². The Bertz CT molecular complexity index is 618. The van der Waals surface area contributed by atoms with Gasteiger partial charge in [0.25, 0.3) is 5.91 Å². The largest absolute Gasteiger partial charge is 0.465 e. The molecule has 0 fully saturated rings. The van der Waals surface area contributed by atoms with Gasteiger partial charge in [-0.15, -0.1) is 0 Å². The zero-order valence-electron chi connectivity index (χ0n) is 12.0. The standard InChI is InChI=1S/C16H17NO4/c1-3-20-14(18)11-17(2)16(19)15-13(9-10-21-15)12-7-5-4-6-8-12/h4-10H,3,11H2,1-2H3. The summed E-state index contributed by atoms with van der Waals surface area (Å²) in [5, 5.41) is 0. The number of ether oxygens (including phenoxy) is 1. The van der Waals surface area contributed by atoms with Gasteiger partial charge in [0.15, 0.2) is 5.76 Å². The molecule has 110 valence electrons. The Labute approximate surface area is 123 Å². The highest BCUT2D eigenvalue weighted by Gasteiger charge is 2.22. The Morgan fingerprint density at radius 3 is 2.57 bits per heavy atom. The molecule has 5 nitrogen and oxygen atoms in total. The van der Waals surface area contributed by atoms with E-state index in [1.807, 2.05) is 30.3 Å². The summed E-state index contributed by atoms with van der Waals surface area (Å²) in [4.78, 5) is 25.1. The fourth-order valence-electron chi connectivity index (χ4n) is 1.97. The molecule has 0 aliphatic carbocycles. The number of rotatable bonds is 5. The first-order valence-corrected chi connectivity index (χ1v) is 6.67. The summed E-state index contributed by atoms with van der Waals surface area (Å²) in [5.74, 6) is -0.582. The third-order valence-electron chi connectivity index (χ3n) is 2.96. The molecule has 1 aromatic carbocycles. The smallest absolute Gasteiger partial charge is 0.325 e. The number of esters is 1. The first kappa shape index (κ1) is 14.8. The molecule has 0 atom stereocenters. The van der Waals surface area contributed by atoms with Crippen molar-refractivity contribution in [2.45, 2.75) is 6.92 Å². The summed E-state index contributed by atoms with van der Waals surface area (Å²) in [6.45, 7) is 1.90. The molecule has 0 aliphatic heterocycles. The molecule has 0 saturated carbocycles. The van der Waals surface area contributed by atoms with Crippen molar-refractivity contribution >= 4 is 11.9 Å². The average Bonchev–Trinajstić information content (AvgIpc) is 2.96. The molecule has 1 amide bonds. The first-order valence-electron chi connectivity index (χ1n) is 6.67. The van der Waals surface area contributed by atoms with Gasteiger partial charge in [-0.25, -0.2) is 0 Å². The number of hydrogen-bond donors (Lipinski definition) is 0. The van der Waals surface area contributed by atoms with Crippen molar-refractivity contribution in [3.8, 4) is 11.1 Å². The molecule has 21 heavy (non-hydrogen) atoms. The van der Waals surface area contributed by atoms with Crippen LogP contribution in [0.1, 0.15) is 17.5 Å². The number of hydrogen-bond acceptors (Lipinski definition) is 4. The van der Waals surface area contributed by atoms with E-state index in [0.717, 1.165) is 5.56 Å². The van der Waals surface area contributed by atoms with Crippen LogP contribution in [-0.4, -0.2) is 37.0 Å². The van der Waals surface area contributed by atoms with Crippen LogP contribution in [0.4, 0.5) is 0 Å². The first-order chi connectivity index (χ1) is 10.1. The normalized spacial score (nSPS) is 10.2. The van der Waals surface area contributed by atoms with Gasteiger partial charge in [0.2, 0.25) is 0 Å². The number of furan rings is 1. The van der Waals surface area contributed by atoms with Gasteiger partial charge in [-0.2, -0.15) is 0 Å². The van der Waals surface area contributed by atoms with Gasteiger partial charge in [0.05, 0.1) is 12.9 Å². The maximum Gasteiger partial charge on any atom is 0.325 e. The van der Waals surface area contributed by atoms with E-state index in [9.17, 15) is 9.59 Å². The average molecular weight is 287 g/mol. The number of benzene rings is 1. The van der Waals surface area contributed by atoms with E-state index in [-0.39, 0.29) is 24.8 Å². The van der Waals surface area contributed by atoms with Crippen molar-refractivity contribution in [3.63, 3.8) is 0 Å². The van der Waals surface area contributed by atoms with Crippen molar-refractivity contribution in [1.82, 2.24) is 4.90 Å². The summed E-state index contributed by atoms with van der Waals surface area (Å²) in [6, 6.07) is 11.2. The summed E-state index contributed by atoms with van der Waals surface area (Å²) >= 11 is 0. The monoisotopic (exact) mass is 287 g/mol. The van der Waals surface area contributed by atoms with Crippen LogP contribution in [0.5, 0.6) is 0 Å². The van der Waals surface area contributed by atoms with Crippen LogP contribution in [0.25, 0.3) is 11.1 Å². The molecule has 0 spiro atoms. The van der Waals surface area contributed by atoms with Gasteiger partial charge in [-0.05, 0) is 18.6 Å². The molecule has 0 saturated heterocycles. The summed E-state index contributed by atoms with van der Waals surface area (Å²) in [5.41, 5.74) is 1.59. The number of likely N-dealkylation sites (N-methyl/N-ethyl adjacent to an activating group) is 1. The molecule has 0 radical (unpaired) electrons. The van der Waals surface area contributed by atoms with Crippen LogP contribution in [-0.2, 0) is 9.53 Å². The second kappa shape index (κ2) is 6.74. The van der Waals surface area contributed by atoms with Crippen LogP contribution < -0.4 is 0 Å². The van der Waals surface area contributed by atoms with Crippen molar-refractivity contribution in [2.24, 2.45) is 0 Å². The van der Waals surface area contributed by atoms with E-state index in [1.54, 1.807) is 13.0 Å². The molecule has 2 rings (SSSR count). The Hall–Kier alpha value is -2.56. The molecule has 5 heteroatoms. The predicted octanol–water partition coefficient (Wildman–Crippen LogP) is 2.58. The van der Waals surface area contributed by atoms with E-state index >= 15 is 0 Å². The summed E-state index contributed by atoms with van der Waals surface area (Å²) < 4.78 is 10.1. The van der Waals surface area contributed by atoms with E-state index in [4.69, 9.17) is 9.15 Å². The van der Waals surface area contributed by atoms with E-state index in [1.165, 1.54) is 18.2 Å². The van der Waals surface area contributed by atoms with Crippen LogP contribution in [0.3, 0.4) is 0 Å². The Kier molecular flexibility index (Phi) is 4.77. The van der Waals surface area contributed by atoms with Gasteiger partial charge >= 0.3 is 5.97 Å². The third-order valence-corrected chi connectivity index (χ3v) is 2.96. The van der Waals surface area contributed by atoms with Gasteiger partial charge in [0.1, 0.15) is 6.54 Å². The Morgan fingerprint density at radius 2 is 1.90 bits per heavy atom. The van der Waals surface area contributed by atoms with Crippen LogP contribution in [0.15, 0.2) is 47.1 Å². The molecule has 2 aromatic rings. The molecular weight excluding hydrogens is 270 g/mol. The maximum atomic E-state index is 12.4. The molecular formula is C16H17NO4. The number of carbonyl (C=O) groups excluding carboxylic acids is 2. The van der Waals surface area contributed by atoms with Crippen molar-refractivity contribution in [1.29, 1.82) is 0 Å². The molecule has 1 heterocycles. The molecule has 0 aliphatic rings. The van der Waals surface area contributed by atoms with Crippen LogP contribution in [0.2, 0.25) is 0 Å². The number of amides is 1. The van der Waals surface area contributed by atoms with E-state index in [2.05, 4.69) is 0 Å². The van der Waals surface area contributed by atoms with Crippen LogP contribution >= 0.6 is 0 Å². The minimum Gasteiger partial charge on any atom is -0.465 e. The lowest BCUT2D eigenvalue weighted by atomic mass is 10.1. The Morgan fingerprint density at radius 1 is 1.19 bits per heavy atom. The minimum atomic E-state index is -0.443. The molecule has 1 aromatic heterocycles. The zero-order valence-corrected chi connectivity index (χ0v) is 12.0. The molecule has 0 bridgehead atoms. The third kappa shape index (κ3) is 3.51. The van der Waals surface area contributed by atoms with Crippen molar-refractivity contribution in [3.05, 3.63) is 48.4 Å². The fraction of sp³-hybridized carbons (Fsp3) is 0.250. The van der Waals surface area contributed by atoms with Gasteiger partial charge < -0.3 is 14.1 Å². The second-order valence-corrected chi connectivity index (χ2v) is 4.50. The van der Waals surface area contributed by atoms with Crippen molar-refractivity contribution in [2.75, 3.05) is 20.2 Å². The summed E-state index contributed by atoms with van der Waals surface area (Å²) in [6.07, 6.45) is 1.47. The highest BCUT2D eigenvalue weighted by molar-refractivity contribution is 5.99. The maximum absolute atomic E-state index is 12.4. The van der Waals surface area contributed by atoms with E-state index < -0.39 is 5.97 Å². The highest BCUT2D eigenvalue weighted by Crippen LogP contribution is 2.25. The lowest BCUT2D eigenvalue weighted by molar-refractivity contribution is -0.143. The SMILES string of the molecule is CCOC(=O)CN(C)C(=O)c1occc1-c1ccccc1. The number of nitrogens with zero attached hydrogens (tertiary/aromatic N) is 1.